The van der Waals surface area contributed by atoms with Gasteiger partial charge in [0, 0.05) is 23.1 Å². The number of aromatic nitrogens is 1. The second-order valence-electron chi connectivity index (χ2n) is 4.30. The third-order valence-corrected chi connectivity index (χ3v) is 3.02. The van der Waals surface area contributed by atoms with Gasteiger partial charge in [-0.1, -0.05) is 0 Å². The molecule has 3 N–H and O–H groups in total. The van der Waals surface area contributed by atoms with Gasteiger partial charge < -0.3 is 5.43 Å². The van der Waals surface area contributed by atoms with Crippen molar-refractivity contribution in [2.75, 3.05) is 5.43 Å². The predicted molar refractivity (Wildman–Crippen MR) is 61.4 cm³/mol. The molecule has 17 heavy (non-hydrogen) atoms. The van der Waals surface area contributed by atoms with E-state index in [4.69, 9.17) is 5.84 Å². The van der Waals surface area contributed by atoms with Crippen LogP contribution in [0.1, 0.15) is 24.5 Å². The summed E-state index contributed by atoms with van der Waals surface area (Å²) in [4.78, 5) is 4.35. The van der Waals surface area contributed by atoms with Gasteiger partial charge in [0.25, 0.3) is 0 Å². The normalized spacial score (nSPS) is 15.2. The number of halogens is 2. The van der Waals surface area contributed by atoms with Crippen molar-refractivity contribution >= 4 is 16.6 Å². The molecule has 0 spiro atoms. The Balaban J connectivity index is 2.28. The lowest BCUT2D eigenvalue weighted by atomic mass is 10.1. The van der Waals surface area contributed by atoms with Gasteiger partial charge in [0.1, 0.15) is 0 Å². The zero-order valence-electron chi connectivity index (χ0n) is 9.00. The molecule has 3 rings (SSSR count). The summed E-state index contributed by atoms with van der Waals surface area (Å²) in [6, 6.07) is 4.03. The number of hydrazine groups is 1. The number of hydrogen-bond donors (Lipinski definition) is 2. The summed E-state index contributed by atoms with van der Waals surface area (Å²) in [5.74, 6) is 4.05. The van der Waals surface area contributed by atoms with E-state index >= 15 is 0 Å². The molecule has 0 atom stereocenters. The number of pyridine rings is 1. The van der Waals surface area contributed by atoms with Crippen LogP contribution in [0.3, 0.4) is 0 Å². The standard InChI is InChI=1S/C12H11F2N3/c13-8-3-7-11(4-9(8)14)16-10(6-1-2-6)5-12(7)17-15/h3-6H,1-2,15H2,(H,16,17). The van der Waals surface area contributed by atoms with Gasteiger partial charge >= 0.3 is 0 Å². The maximum atomic E-state index is 13.2. The monoisotopic (exact) mass is 235 g/mol. The molecule has 5 heteroatoms. The summed E-state index contributed by atoms with van der Waals surface area (Å²) in [5, 5.41) is 0.496. The number of hydrogen-bond acceptors (Lipinski definition) is 3. The highest BCUT2D eigenvalue weighted by Crippen LogP contribution is 2.41. The summed E-state index contributed by atoms with van der Waals surface area (Å²) < 4.78 is 26.3. The minimum atomic E-state index is -0.894. The summed E-state index contributed by atoms with van der Waals surface area (Å²) in [6.07, 6.45) is 2.18. The minimum Gasteiger partial charge on any atom is -0.323 e. The van der Waals surface area contributed by atoms with Gasteiger partial charge in [0.2, 0.25) is 0 Å². The van der Waals surface area contributed by atoms with Gasteiger partial charge in [-0.3, -0.25) is 10.8 Å². The number of nitrogens with zero attached hydrogens (tertiary/aromatic N) is 1. The Morgan fingerprint density at radius 2 is 1.88 bits per heavy atom. The minimum absolute atomic E-state index is 0.430. The molecule has 0 aliphatic heterocycles. The van der Waals surface area contributed by atoms with Crippen LogP contribution >= 0.6 is 0 Å². The first kappa shape index (κ1) is 10.4. The number of nitrogens with one attached hydrogen (secondary N) is 1. The molecule has 1 aromatic carbocycles. The second kappa shape index (κ2) is 3.63. The Kier molecular flexibility index (Phi) is 2.22. The van der Waals surface area contributed by atoms with Crippen LogP contribution in [-0.4, -0.2) is 4.98 Å². The highest BCUT2D eigenvalue weighted by atomic mass is 19.2. The van der Waals surface area contributed by atoms with Gasteiger partial charge in [-0.2, -0.15) is 0 Å². The lowest BCUT2D eigenvalue weighted by Crippen LogP contribution is -2.08. The fraction of sp³-hybridized carbons (Fsp3) is 0.250. The van der Waals surface area contributed by atoms with Crippen molar-refractivity contribution in [1.29, 1.82) is 0 Å². The van der Waals surface area contributed by atoms with E-state index in [1.807, 2.05) is 0 Å². The Hall–Kier alpha value is -1.75. The molecule has 1 fully saturated rings. The molecule has 0 unspecified atom stereocenters. The largest absolute Gasteiger partial charge is 0.323 e. The molecule has 1 saturated carbocycles. The van der Waals surface area contributed by atoms with Gasteiger partial charge in [-0.25, -0.2) is 8.78 Å². The first-order valence-electron chi connectivity index (χ1n) is 5.45. The average molecular weight is 235 g/mol. The third kappa shape index (κ3) is 1.72. The van der Waals surface area contributed by atoms with Crippen LogP contribution < -0.4 is 11.3 Å². The zero-order chi connectivity index (χ0) is 12.0. The van der Waals surface area contributed by atoms with Crippen molar-refractivity contribution in [1.82, 2.24) is 4.98 Å². The molecule has 1 heterocycles. The van der Waals surface area contributed by atoms with Gasteiger partial charge in [0.05, 0.1) is 11.2 Å². The van der Waals surface area contributed by atoms with Crippen molar-refractivity contribution in [2.24, 2.45) is 5.84 Å². The fourth-order valence-electron chi connectivity index (χ4n) is 1.95. The van der Waals surface area contributed by atoms with E-state index in [9.17, 15) is 8.78 Å². The molecular formula is C12H11F2N3. The Morgan fingerprint density at radius 3 is 2.53 bits per heavy atom. The highest BCUT2D eigenvalue weighted by molar-refractivity contribution is 5.91. The average Bonchev–Trinajstić information content (AvgIpc) is 3.13. The van der Waals surface area contributed by atoms with Crippen LogP contribution in [-0.2, 0) is 0 Å². The summed E-state index contributed by atoms with van der Waals surface area (Å²) in [7, 11) is 0. The Bertz CT molecular complexity index is 594. The van der Waals surface area contributed by atoms with E-state index in [2.05, 4.69) is 10.4 Å². The molecule has 1 aromatic heterocycles. The van der Waals surface area contributed by atoms with Gasteiger partial charge in [-0.05, 0) is 25.0 Å². The summed E-state index contributed by atoms with van der Waals surface area (Å²) in [5.41, 5.74) is 4.41. The van der Waals surface area contributed by atoms with E-state index in [1.54, 1.807) is 6.07 Å². The van der Waals surface area contributed by atoms with Crippen molar-refractivity contribution in [3.63, 3.8) is 0 Å². The Morgan fingerprint density at radius 1 is 1.18 bits per heavy atom. The molecule has 0 radical (unpaired) electrons. The van der Waals surface area contributed by atoms with Crippen molar-refractivity contribution < 1.29 is 8.78 Å². The number of anilines is 1. The quantitative estimate of drug-likeness (QED) is 0.621. The number of nitrogens with two attached hydrogens (primary N) is 1. The van der Waals surface area contributed by atoms with Gasteiger partial charge in [-0.15, -0.1) is 0 Å². The molecule has 0 amide bonds. The SMILES string of the molecule is NNc1cc(C2CC2)nc2cc(F)c(F)cc12. The van der Waals surface area contributed by atoms with Crippen molar-refractivity contribution in [3.8, 4) is 0 Å². The van der Waals surface area contributed by atoms with Crippen LogP contribution in [0, 0.1) is 11.6 Å². The number of benzene rings is 1. The Labute approximate surface area is 96.6 Å². The smallest absolute Gasteiger partial charge is 0.161 e. The third-order valence-electron chi connectivity index (χ3n) is 3.02. The second-order valence-corrected chi connectivity index (χ2v) is 4.30. The molecule has 88 valence electrons. The topological polar surface area (TPSA) is 50.9 Å². The van der Waals surface area contributed by atoms with Crippen LogP contribution in [0.5, 0.6) is 0 Å². The van der Waals surface area contributed by atoms with Crippen LogP contribution in [0.25, 0.3) is 10.9 Å². The molecule has 0 bridgehead atoms. The van der Waals surface area contributed by atoms with E-state index in [0.717, 1.165) is 30.7 Å². The first-order chi connectivity index (χ1) is 8.19. The van der Waals surface area contributed by atoms with Crippen LogP contribution in [0.2, 0.25) is 0 Å². The fourth-order valence-corrected chi connectivity index (χ4v) is 1.95. The van der Waals surface area contributed by atoms with Gasteiger partial charge in [0.15, 0.2) is 11.6 Å². The van der Waals surface area contributed by atoms with E-state index in [-0.39, 0.29) is 0 Å². The van der Waals surface area contributed by atoms with Crippen molar-refractivity contribution in [2.45, 2.75) is 18.8 Å². The molecule has 0 saturated heterocycles. The van der Waals surface area contributed by atoms with Crippen molar-refractivity contribution in [3.05, 3.63) is 35.5 Å². The number of rotatable bonds is 2. The van der Waals surface area contributed by atoms with E-state index in [1.165, 1.54) is 0 Å². The molecule has 2 aromatic rings. The number of nitrogen functional groups attached to an aromatic ring is 1. The maximum Gasteiger partial charge on any atom is 0.161 e. The predicted octanol–water partition coefficient (Wildman–Crippen LogP) is 2.68. The zero-order valence-corrected chi connectivity index (χ0v) is 9.00. The van der Waals surface area contributed by atoms with E-state index in [0.29, 0.717) is 22.5 Å². The lowest BCUT2D eigenvalue weighted by Gasteiger charge is -2.09. The molecule has 1 aliphatic carbocycles. The summed E-state index contributed by atoms with van der Waals surface area (Å²) in [6.45, 7) is 0. The van der Waals surface area contributed by atoms with Crippen LogP contribution in [0.4, 0.5) is 14.5 Å². The summed E-state index contributed by atoms with van der Waals surface area (Å²) >= 11 is 0. The van der Waals surface area contributed by atoms with Crippen LogP contribution in [0.15, 0.2) is 18.2 Å². The van der Waals surface area contributed by atoms with E-state index < -0.39 is 11.6 Å². The maximum absolute atomic E-state index is 13.2. The first-order valence-corrected chi connectivity index (χ1v) is 5.45. The molecular weight excluding hydrogens is 224 g/mol. The highest BCUT2D eigenvalue weighted by Gasteiger charge is 2.26. The number of fused-ring (bicyclic) bond motifs is 1. The lowest BCUT2D eigenvalue weighted by molar-refractivity contribution is 0.510. The molecule has 3 nitrogen and oxygen atoms in total. The molecule has 1 aliphatic rings.